The standard InChI is InChI=1S/C29H30Cl2N4OS/c1-29(2,3)19-11-9-18(10-12-19)15-16-32-28(37)34-26-27(36)35(4)24-14-13-20(30)17-22(24)25(33-26)21-7-5-6-8-23(21)31/h5-14,17,26H,15-16H2,1-4H3,(H2,32,34,37). The number of fused-ring (bicyclic) bond motifs is 1. The number of anilines is 1. The lowest BCUT2D eigenvalue weighted by molar-refractivity contribution is -0.119. The van der Waals surface area contributed by atoms with Crippen LogP contribution in [0, 0.1) is 0 Å². The summed E-state index contributed by atoms with van der Waals surface area (Å²) in [5.41, 5.74) is 5.31. The number of aliphatic imine (C=N–C) groups is 1. The van der Waals surface area contributed by atoms with Crippen molar-refractivity contribution in [2.45, 2.75) is 38.8 Å². The number of likely N-dealkylation sites (N-methyl/N-ethyl adjacent to an activating group) is 1. The van der Waals surface area contributed by atoms with Gasteiger partial charge in [0.1, 0.15) is 0 Å². The molecule has 0 bridgehead atoms. The minimum absolute atomic E-state index is 0.120. The van der Waals surface area contributed by atoms with Crippen LogP contribution in [0.25, 0.3) is 0 Å². The molecule has 0 saturated carbocycles. The number of halogens is 2. The fourth-order valence-corrected chi connectivity index (χ4v) is 4.79. The Kier molecular flexibility index (Phi) is 8.22. The van der Waals surface area contributed by atoms with Gasteiger partial charge in [0.25, 0.3) is 5.91 Å². The molecule has 1 amide bonds. The van der Waals surface area contributed by atoms with E-state index in [1.165, 1.54) is 11.1 Å². The number of nitrogens with one attached hydrogen (secondary N) is 2. The Balaban J connectivity index is 1.52. The van der Waals surface area contributed by atoms with Crippen molar-refractivity contribution in [3.05, 3.63) is 99.0 Å². The highest BCUT2D eigenvalue weighted by Gasteiger charge is 2.31. The van der Waals surface area contributed by atoms with Crippen LogP contribution in [0.4, 0.5) is 5.69 Å². The maximum Gasteiger partial charge on any atom is 0.272 e. The first-order valence-electron chi connectivity index (χ1n) is 12.1. The van der Waals surface area contributed by atoms with Crippen molar-refractivity contribution in [3.8, 4) is 0 Å². The van der Waals surface area contributed by atoms with Crippen LogP contribution in [0.1, 0.15) is 43.0 Å². The van der Waals surface area contributed by atoms with Gasteiger partial charge in [0.15, 0.2) is 5.11 Å². The normalized spacial score (nSPS) is 15.5. The van der Waals surface area contributed by atoms with Crippen molar-refractivity contribution in [1.29, 1.82) is 0 Å². The summed E-state index contributed by atoms with van der Waals surface area (Å²) in [4.78, 5) is 19.8. The molecule has 1 heterocycles. The number of hydrogen-bond donors (Lipinski definition) is 2. The van der Waals surface area contributed by atoms with E-state index in [4.69, 9.17) is 40.4 Å². The van der Waals surface area contributed by atoms with E-state index >= 15 is 0 Å². The first-order chi connectivity index (χ1) is 17.5. The van der Waals surface area contributed by atoms with Gasteiger partial charge in [-0.3, -0.25) is 4.79 Å². The van der Waals surface area contributed by atoms with E-state index in [1.54, 1.807) is 30.1 Å². The monoisotopic (exact) mass is 552 g/mol. The van der Waals surface area contributed by atoms with Crippen LogP contribution in [-0.2, 0) is 16.6 Å². The molecule has 4 rings (SSSR count). The van der Waals surface area contributed by atoms with Gasteiger partial charge in [-0.15, -0.1) is 0 Å². The number of benzodiazepines with no additional fused rings is 1. The Labute approximate surface area is 233 Å². The maximum absolute atomic E-state index is 13.4. The topological polar surface area (TPSA) is 56.7 Å². The lowest BCUT2D eigenvalue weighted by atomic mass is 9.86. The van der Waals surface area contributed by atoms with E-state index in [-0.39, 0.29) is 11.3 Å². The molecule has 3 aromatic rings. The van der Waals surface area contributed by atoms with Crippen molar-refractivity contribution < 1.29 is 4.79 Å². The lowest BCUT2D eigenvalue weighted by Gasteiger charge is -2.22. The van der Waals surface area contributed by atoms with Gasteiger partial charge in [0.2, 0.25) is 6.17 Å². The summed E-state index contributed by atoms with van der Waals surface area (Å²) in [6, 6.07) is 21.4. The summed E-state index contributed by atoms with van der Waals surface area (Å²) in [5.74, 6) is -0.243. The van der Waals surface area contributed by atoms with E-state index in [0.29, 0.717) is 38.7 Å². The Morgan fingerprint density at radius 1 is 1.03 bits per heavy atom. The van der Waals surface area contributed by atoms with Crippen LogP contribution < -0.4 is 15.5 Å². The van der Waals surface area contributed by atoms with Gasteiger partial charge >= 0.3 is 0 Å². The van der Waals surface area contributed by atoms with Crippen molar-refractivity contribution in [3.63, 3.8) is 0 Å². The molecule has 192 valence electrons. The first-order valence-corrected chi connectivity index (χ1v) is 13.2. The van der Waals surface area contributed by atoms with Crippen molar-refractivity contribution in [1.82, 2.24) is 10.6 Å². The van der Waals surface area contributed by atoms with Crippen LogP contribution in [0.5, 0.6) is 0 Å². The number of amides is 1. The van der Waals surface area contributed by atoms with Gasteiger partial charge in [-0.1, -0.05) is 86.4 Å². The van der Waals surface area contributed by atoms with Crippen LogP contribution in [-0.4, -0.2) is 36.5 Å². The van der Waals surface area contributed by atoms with E-state index in [0.717, 1.165) is 12.0 Å². The van der Waals surface area contributed by atoms with E-state index in [2.05, 4.69) is 55.7 Å². The first kappa shape index (κ1) is 27.1. The number of nitrogens with zero attached hydrogens (tertiary/aromatic N) is 2. The average Bonchev–Trinajstić information content (AvgIpc) is 2.94. The second-order valence-corrected chi connectivity index (χ2v) is 11.3. The van der Waals surface area contributed by atoms with Crippen molar-refractivity contribution in [2.75, 3.05) is 18.5 Å². The Hall–Kier alpha value is -2.93. The highest BCUT2D eigenvalue weighted by Crippen LogP contribution is 2.31. The van der Waals surface area contributed by atoms with E-state index < -0.39 is 6.17 Å². The van der Waals surface area contributed by atoms with Gasteiger partial charge < -0.3 is 15.5 Å². The van der Waals surface area contributed by atoms with Crippen LogP contribution in [0.15, 0.2) is 71.7 Å². The summed E-state index contributed by atoms with van der Waals surface area (Å²) >= 11 is 18.4. The zero-order valence-corrected chi connectivity index (χ0v) is 23.6. The van der Waals surface area contributed by atoms with Crippen molar-refractivity contribution >= 4 is 57.8 Å². The number of carbonyl (C=O) groups excluding carboxylic acids is 1. The molecule has 0 aliphatic carbocycles. The Morgan fingerprint density at radius 2 is 1.73 bits per heavy atom. The molecule has 5 nitrogen and oxygen atoms in total. The molecule has 0 saturated heterocycles. The third kappa shape index (κ3) is 6.32. The zero-order valence-electron chi connectivity index (χ0n) is 21.3. The minimum atomic E-state index is -0.937. The second kappa shape index (κ2) is 11.2. The molecule has 0 radical (unpaired) electrons. The van der Waals surface area contributed by atoms with E-state index in [1.807, 2.05) is 24.3 Å². The molecule has 37 heavy (non-hydrogen) atoms. The molecule has 0 fully saturated rings. The molecule has 3 aromatic carbocycles. The number of hydrogen-bond acceptors (Lipinski definition) is 3. The highest BCUT2D eigenvalue weighted by molar-refractivity contribution is 7.80. The third-order valence-corrected chi connectivity index (χ3v) is 7.14. The quantitative estimate of drug-likeness (QED) is 0.373. The SMILES string of the molecule is CN1C(=O)C(NC(=S)NCCc2ccc(C(C)(C)C)cc2)N=C(c2ccccc2Cl)c2cc(Cl)ccc21. The molecule has 8 heteroatoms. The third-order valence-electron chi connectivity index (χ3n) is 6.31. The predicted molar refractivity (Wildman–Crippen MR) is 158 cm³/mol. The molecule has 0 spiro atoms. The fraction of sp³-hybridized carbons (Fsp3) is 0.276. The summed E-state index contributed by atoms with van der Waals surface area (Å²) < 4.78 is 0. The van der Waals surface area contributed by atoms with Gasteiger partial charge in [-0.25, -0.2) is 4.99 Å². The minimum Gasteiger partial charge on any atom is -0.362 e. The molecule has 2 N–H and O–H groups in total. The largest absolute Gasteiger partial charge is 0.362 e. The fourth-order valence-electron chi connectivity index (χ4n) is 4.18. The summed E-state index contributed by atoms with van der Waals surface area (Å²) in [5, 5.41) is 7.72. The number of carbonyl (C=O) groups is 1. The van der Waals surface area contributed by atoms with Gasteiger partial charge in [-0.2, -0.15) is 0 Å². The predicted octanol–water partition coefficient (Wildman–Crippen LogP) is 6.14. The molecule has 1 aliphatic rings. The summed E-state index contributed by atoms with van der Waals surface area (Å²) in [6.07, 6.45) is -0.142. The van der Waals surface area contributed by atoms with Crippen LogP contribution >= 0.6 is 35.4 Å². The Bertz CT molecular complexity index is 1350. The highest BCUT2D eigenvalue weighted by atomic mass is 35.5. The van der Waals surface area contributed by atoms with Crippen molar-refractivity contribution in [2.24, 2.45) is 4.99 Å². The molecule has 1 aliphatic heterocycles. The molecular weight excluding hydrogens is 523 g/mol. The van der Waals surface area contributed by atoms with Crippen LogP contribution in [0.3, 0.4) is 0 Å². The smallest absolute Gasteiger partial charge is 0.272 e. The number of benzene rings is 3. The van der Waals surface area contributed by atoms with Gasteiger partial charge in [0, 0.05) is 34.8 Å². The average molecular weight is 554 g/mol. The lowest BCUT2D eigenvalue weighted by Crippen LogP contribution is -2.49. The molecule has 1 unspecified atom stereocenters. The summed E-state index contributed by atoms with van der Waals surface area (Å²) in [7, 11) is 1.71. The molecule has 0 aromatic heterocycles. The summed E-state index contributed by atoms with van der Waals surface area (Å²) in [6.45, 7) is 7.22. The molecular formula is C29H30Cl2N4OS. The van der Waals surface area contributed by atoms with E-state index in [9.17, 15) is 4.79 Å². The zero-order chi connectivity index (χ0) is 26.7. The number of rotatable bonds is 5. The van der Waals surface area contributed by atoms with Gasteiger partial charge in [-0.05, 0) is 59.4 Å². The maximum atomic E-state index is 13.4. The van der Waals surface area contributed by atoms with Crippen LogP contribution in [0.2, 0.25) is 10.0 Å². The van der Waals surface area contributed by atoms with Gasteiger partial charge in [0.05, 0.1) is 11.4 Å². The Morgan fingerprint density at radius 3 is 2.41 bits per heavy atom. The second-order valence-electron chi connectivity index (χ2n) is 10.0. The molecule has 1 atom stereocenters. The number of thiocarbonyl (C=S) groups is 1.